The highest BCUT2D eigenvalue weighted by molar-refractivity contribution is 6.15. The van der Waals surface area contributed by atoms with Gasteiger partial charge >= 0.3 is 0 Å². The van der Waals surface area contributed by atoms with Gasteiger partial charge in [0.25, 0.3) is 0 Å². The highest BCUT2D eigenvalue weighted by Crippen LogP contribution is 2.40. The van der Waals surface area contributed by atoms with Crippen LogP contribution in [0.2, 0.25) is 0 Å². The second-order valence-electron chi connectivity index (χ2n) is 12.1. The molecule has 0 aliphatic rings. The monoisotopic (exact) mass is 614 g/mol. The number of benzene rings is 7. The third-order valence-corrected chi connectivity index (χ3v) is 9.22. The van der Waals surface area contributed by atoms with Crippen LogP contribution in [-0.4, -0.2) is 19.5 Å². The second-order valence-corrected chi connectivity index (χ2v) is 12.1. The smallest absolute Gasteiger partial charge is 0.164 e. The van der Waals surface area contributed by atoms with Gasteiger partial charge in [0, 0.05) is 38.2 Å². The Labute approximate surface area is 275 Å². The molecule has 0 saturated heterocycles. The lowest BCUT2D eigenvalue weighted by Crippen LogP contribution is -2.00. The first kappa shape index (κ1) is 26.6. The van der Waals surface area contributed by atoms with Crippen molar-refractivity contribution in [2.75, 3.05) is 0 Å². The van der Waals surface area contributed by atoms with Gasteiger partial charge in [0.05, 0.1) is 16.7 Å². The van der Waals surface area contributed by atoms with E-state index in [-0.39, 0.29) is 0 Å². The molecule has 0 spiro atoms. The van der Waals surface area contributed by atoms with Crippen molar-refractivity contribution in [2.45, 2.75) is 0 Å². The number of aromatic nitrogens is 4. The normalized spacial score (nSPS) is 11.8. The number of furan rings is 1. The van der Waals surface area contributed by atoms with Crippen LogP contribution in [0.25, 0.3) is 94.4 Å². The van der Waals surface area contributed by atoms with Crippen LogP contribution in [0, 0.1) is 0 Å². The van der Waals surface area contributed by atoms with Gasteiger partial charge in [-0.3, -0.25) is 0 Å². The van der Waals surface area contributed by atoms with Crippen molar-refractivity contribution in [3.63, 3.8) is 0 Å². The van der Waals surface area contributed by atoms with E-state index < -0.39 is 0 Å². The van der Waals surface area contributed by atoms with Crippen LogP contribution in [-0.2, 0) is 0 Å². The standard InChI is InChI=1S/C43H26N4O/c1-3-12-27(13-4-1)41-44-42(28-14-5-2-6-15-28)46-43(45-41)31-22-23-33-34-19-11-21-37(40(34)48-39(33)26-31)47-36-20-10-9-18-32(36)35-24-29-16-7-8-17-30(29)25-38(35)47/h1-26H. The Kier molecular flexibility index (Phi) is 5.81. The fraction of sp³-hybridized carbons (Fsp3) is 0. The van der Waals surface area contributed by atoms with Crippen LogP contribution < -0.4 is 0 Å². The summed E-state index contributed by atoms with van der Waals surface area (Å²) in [4.78, 5) is 14.7. The average molecular weight is 615 g/mol. The molecule has 0 aliphatic carbocycles. The van der Waals surface area contributed by atoms with Crippen LogP contribution in [0.3, 0.4) is 0 Å². The first-order chi connectivity index (χ1) is 23.8. The van der Waals surface area contributed by atoms with Crippen LogP contribution in [0.5, 0.6) is 0 Å². The second kappa shape index (κ2) is 10.5. The molecule has 0 fully saturated rings. The Morgan fingerprint density at radius 1 is 0.396 bits per heavy atom. The summed E-state index contributed by atoms with van der Waals surface area (Å²) in [7, 11) is 0. The van der Waals surface area contributed by atoms with Gasteiger partial charge in [-0.1, -0.05) is 121 Å². The van der Waals surface area contributed by atoms with E-state index in [2.05, 4.69) is 102 Å². The zero-order chi connectivity index (χ0) is 31.6. The molecular weight excluding hydrogens is 589 g/mol. The molecule has 0 bridgehead atoms. The molecule has 0 atom stereocenters. The summed E-state index contributed by atoms with van der Waals surface area (Å²) in [5.74, 6) is 1.86. The fourth-order valence-electron chi connectivity index (χ4n) is 6.95. The first-order valence-electron chi connectivity index (χ1n) is 16.0. The van der Waals surface area contributed by atoms with E-state index in [0.29, 0.717) is 17.5 Å². The SMILES string of the molecule is c1ccc(-c2nc(-c3ccccc3)nc(-c3ccc4c(c3)oc3c(-n5c6ccccc6c6cc7ccccc7cc65)cccc34)n2)cc1. The Morgan fingerprint density at radius 2 is 1.00 bits per heavy atom. The summed E-state index contributed by atoms with van der Waals surface area (Å²) in [6.07, 6.45) is 0. The van der Waals surface area contributed by atoms with Crippen molar-refractivity contribution in [2.24, 2.45) is 0 Å². The van der Waals surface area contributed by atoms with Crippen molar-refractivity contribution >= 4 is 54.5 Å². The molecule has 3 heterocycles. The molecule has 48 heavy (non-hydrogen) atoms. The Morgan fingerprint density at radius 3 is 1.73 bits per heavy atom. The van der Waals surface area contributed by atoms with Crippen molar-refractivity contribution in [1.29, 1.82) is 0 Å². The van der Waals surface area contributed by atoms with Gasteiger partial charge in [0.1, 0.15) is 5.58 Å². The van der Waals surface area contributed by atoms with Gasteiger partial charge < -0.3 is 8.98 Å². The van der Waals surface area contributed by atoms with E-state index >= 15 is 0 Å². The number of hydrogen-bond acceptors (Lipinski definition) is 4. The minimum Gasteiger partial charge on any atom is -0.454 e. The summed E-state index contributed by atoms with van der Waals surface area (Å²) in [5.41, 5.74) is 7.65. The number of rotatable bonds is 4. The molecule has 0 N–H and O–H groups in total. The maximum Gasteiger partial charge on any atom is 0.164 e. The van der Waals surface area contributed by atoms with Crippen LogP contribution in [0.1, 0.15) is 0 Å². The summed E-state index contributed by atoms with van der Waals surface area (Å²) in [6, 6.07) is 54.5. The van der Waals surface area contributed by atoms with Crippen LogP contribution >= 0.6 is 0 Å². The van der Waals surface area contributed by atoms with Gasteiger partial charge in [0.2, 0.25) is 0 Å². The maximum atomic E-state index is 6.79. The Bertz CT molecular complexity index is 2780. The zero-order valence-corrected chi connectivity index (χ0v) is 25.7. The van der Waals surface area contributed by atoms with E-state index in [0.717, 1.165) is 55.3 Å². The maximum absolute atomic E-state index is 6.79. The number of hydrogen-bond donors (Lipinski definition) is 0. The Balaban J connectivity index is 1.18. The molecule has 3 aromatic heterocycles. The zero-order valence-electron chi connectivity index (χ0n) is 25.7. The highest BCUT2D eigenvalue weighted by atomic mass is 16.3. The number of para-hydroxylation sites is 2. The molecule has 10 rings (SSSR count). The quantitative estimate of drug-likeness (QED) is 0.198. The van der Waals surface area contributed by atoms with Gasteiger partial charge in [-0.05, 0) is 47.2 Å². The molecule has 224 valence electrons. The minimum absolute atomic E-state index is 0.597. The first-order valence-corrected chi connectivity index (χ1v) is 16.0. The predicted molar refractivity (Wildman–Crippen MR) is 195 cm³/mol. The molecule has 0 saturated carbocycles. The third-order valence-electron chi connectivity index (χ3n) is 9.22. The lowest BCUT2D eigenvalue weighted by atomic mass is 10.1. The highest BCUT2D eigenvalue weighted by Gasteiger charge is 2.19. The lowest BCUT2D eigenvalue weighted by molar-refractivity contribution is 0.666. The molecule has 5 heteroatoms. The topological polar surface area (TPSA) is 56.7 Å². The Hall–Kier alpha value is -6.59. The van der Waals surface area contributed by atoms with Crippen molar-refractivity contribution in [3.05, 3.63) is 158 Å². The average Bonchev–Trinajstić information content (AvgIpc) is 3.69. The lowest BCUT2D eigenvalue weighted by Gasteiger charge is -2.09. The van der Waals surface area contributed by atoms with Gasteiger partial charge in [-0.15, -0.1) is 0 Å². The summed E-state index contributed by atoms with van der Waals surface area (Å²) in [6.45, 7) is 0. The van der Waals surface area contributed by atoms with Gasteiger partial charge in [0.15, 0.2) is 23.1 Å². The van der Waals surface area contributed by atoms with Crippen molar-refractivity contribution in [1.82, 2.24) is 19.5 Å². The fourth-order valence-corrected chi connectivity index (χ4v) is 6.95. The molecule has 7 aromatic carbocycles. The van der Waals surface area contributed by atoms with Gasteiger partial charge in [-0.2, -0.15) is 0 Å². The van der Waals surface area contributed by atoms with E-state index in [4.69, 9.17) is 19.4 Å². The van der Waals surface area contributed by atoms with E-state index in [1.807, 2.05) is 60.7 Å². The molecule has 0 aliphatic heterocycles. The molecule has 0 unspecified atom stereocenters. The summed E-state index contributed by atoms with van der Waals surface area (Å²) in [5, 5.41) is 6.97. The summed E-state index contributed by atoms with van der Waals surface area (Å²) >= 11 is 0. The van der Waals surface area contributed by atoms with E-state index in [9.17, 15) is 0 Å². The largest absolute Gasteiger partial charge is 0.454 e. The van der Waals surface area contributed by atoms with Gasteiger partial charge in [-0.25, -0.2) is 15.0 Å². The minimum atomic E-state index is 0.597. The van der Waals surface area contributed by atoms with E-state index in [1.165, 1.54) is 21.5 Å². The number of fused-ring (bicyclic) bond motifs is 7. The van der Waals surface area contributed by atoms with E-state index in [1.54, 1.807) is 0 Å². The molecule has 0 radical (unpaired) electrons. The van der Waals surface area contributed by atoms with Crippen LogP contribution in [0.15, 0.2) is 162 Å². The number of nitrogens with zero attached hydrogens (tertiary/aromatic N) is 4. The van der Waals surface area contributed by atoms with Crippen molar-refractivity contribution < 1.29 is 4.42 Å². The van der Waals surface area contributed by atoms with Crippen LogP contribution in [0.4, 0.5) is 0 Å². The molecule has 10 aromatic rings. The predicted octanol–water partition coefficient (Wildman–Crippen LogP) is 11.0. The third kappa shape index (κ3) is 4.15. The van der Waals surface area contributed by atoms with Crippen molar-refractivity contribution in [3.8, 4) is 39.9 Å². The molecule has 0 amide bonds. The molecule has 5 nitrogen and oxygen atoms in total. The molecular formula is C43H26N4O. The summed E-state index contributed by atoms with van der Waals surface area (Å²) < 4.78 is 9.13.